The van der Waals surface area contributed by atoms with Crippen molar-refractivity contribution in [2.24, 2.45) is 0 Å². The van der Waals surface area contributed by atoms with Gasteiger partial charge in [0.15, 0.2) is 5.16 Å². The van der Waals surface area contributed by atoms with Gasteiger partial charge >= 0.3 is 0 Å². The molecule has 0 aliphatic carbocycles. The molecule has 170 valence electrons. The maximum Gasteiger partial charge on any atom is 0.234 e. The largest absolute Gasteiger partial charge is 0.467 e. The van der Waals surface area contributed by atoms with Crippen LogP contribution in [0.1, 0.15) is 51.4 Å². The number of nitrogens with one attached hydrogen (secondary N) is 1. The molecule has 7 nitrogen and oxygen atoms in total. The monoisotopic (exact) mass is 453 g/mol. The summed E-state index contributed by atoms with van der Waals surface area (Å²) in [6, 6.07) is 11.9. The number of furan rings is 1. The van der Waals surface area contributed by atoms with Crippen LogP contribution in [0.5, 0.6) is 0 Å². The number of amides is 1. The Balaban J connectivity index is 1.42. The molecule has 0 atom stereocenters. The lowest BCUT2D eigenvalue weighted by Gasteiger charge is -2.27. The van der Waals surface area contributed by atoms with Crippen LogP contribution in [0.3, 0.4) is 0 Å². The first-order valence-electron chi connectivity index (χ1n) is 11.1. The second kappa shape index (κ2) is 9.81. The van der Waals surface area contributed by atoms with Gasteiger partial charge < -0.3 is 14.6 Å². The van der Waals surface area contributed by atoms with Crippen LogP contribution in [-0.4, -0.2) is 39.5 Å². The molecule has 3 heterocycles. The smallest absolute Gasteiger partial charge is 0.234 e. The number of carbonyl (C=O) groups excluding carboxylic acids is 1. The summed E-state index contributed by atoms with van der Waals surface area (Å²) in [7, 11) is 0. The Morgan fingerprint density at radius 1 is 1.09 bits per heavy atom. The Morgan fingerprint density at radius 3 is 2.50 bits per heavy atom. The molecule has 1 fully saturated rings. The molecule has 1 aliphatic rings. The van der Waals surface area contributed by atoms with E-state index in [0.29, 0.717) is 6.54 Å². The molecule has 0 spiro atoms. The minimum absolute atomic E-state index is 0.0643. The van der Waals surface area contributed by atoms with Gasteiger partial charge in [0.25, 0.3) is 0 Å². The lowest BCUT2D eigenvalue weighted by Crippen LogP contribution is -2.32. The molecule has 4 rings (SSSR count). The Hall–Kier alpha value is -2.74. The third-order valence-corrected chi connectivity index (χ3v) is 6.56. The number of piperidine rings is 1. The molecule has 1 saturated heterocycles. The summed E-state index contributed by atoms with van der Waals surface area (Å²) in [6.45, 7) is 9.03. The number of carbonyl (C=O) groups is 1. The van der Waals surface area contributed by atoms with Crippen LogP contribution in [0.2, 0.25) is 0 Å². The first-order valence-corrected chi connectivity index (χ1v) is 12.1. The van der Waals surface area contributed by atoms with Crippen molar-refractivity contribution in [2.45, 2.75) is 57.1 Å². The quantitative estimate of drug-likeness (QED) is 0.511. The molecule has 3 aromatic rings. The summed E-state index contributed by atoms with van der Waals surface area (Å²) >= 11 is 1.40. The first-order chi connectivity index (χ1) is 15.4. The Kier molecular flexibility index (Phi) is 6.89. The van der Waals surface area contributed by atoms with Crippen molar-refractivity contribution in [1.82, 2.24) is 14.8 Å². The third kappa shape index (κ3) is 5.54. The van der Waals surface area contributed by atoms with Crippen molar-refractivity contribution in [1.29, 1.82) is 0 Å². The average molecular weight is 454 g/mol. The van der Waals surface area contributed by atoms with E-state index in [1.54, 1.807) is 6.26 Å². The molecule has 0 radical (unpaired) electrons. The normalized spacial score (nSPS) is 14.5. The lowest BCUT2D eigenvalue weighted by atomic mass is 9.87. The van der Waals surface area contributed by atoms with E-state index in [0.717, 1.165) is 48.5 Å². The Labute approximate surface area is 193 Å². The van der Waals surface area contributed by atoms with Crippen molar-refractivity contribution < 1.29 is 9.21 Å². The highest BCUT2D eigenvalue weighted by atomic mass is 32.2. The number of aromatic nitrogens is 3. The van der Waals surface area contributed by atoms with E-state index in [-0.39, 0.29) is 17.1 Å². The van der Waals surface area contributed by atoms with E-state index in [1.807, 2.05) is 24.3 Å². The summed E-state index contributed by atoms with van der Waals surface area (Å²) in [5.41, 5.74) is 2.12. The van der Waals surface area contributed by atoms with Gasteiger partial charge in [-0.25, -0.2) is 0 Å². The fourth-order valence-corrected chi connectivity index (χ4v) is 4.53. The zero-order chi connectivity index (χ0) is 22.6. The van der Waals surface area contributed by atoms with Gasteiger partial charge in [-0.3, -0.25) is 9.36 Å². The summed E-state index contributed by atoms with van der Waals surface area (Å²) < 4.78 is 7.61. The highest BCUT2D eigenvalue weighted by molar-refractivity contribution is 7.99. The number of benzene rings is 1. The highest BCUT2D eigenvalue weighted by Gasteiger charge is 2.22. The minimum Gasteiger partial charge on any atom is -0.467 e. The van der Waals surface area contributed by atoms with Gasteiger partial charge in [0.05, 0.1) is 18.6 Å². The standard InChI is InChI=1S/C24H31N5O2S/c1-24(2,3)18-9-11-19(12-10-18)25-21(30)17-32-23-27-26-22(28-13-5-4-6-14-28)29(23)16-20-8-7-15-31-20/h7-12,15H,4-6,13-14,16-17H2,1-3H3,(H,25,30). The highest BCUT2D eigenvalue weighted by Crippen LogP contribution is 2.27. The van der Waals surface area contributed by atoms with Gasteiger partial charge in [-0.15, -0.1) is 10.2 Å². The average Bonchev–Trinajstić information content (AvgIpc) is 3.43. The van der Waals surface area contributed by atoms with Crippen molar-refractivity contribution in [3.8, 4) is 0 Å². The molecule has 2 aromatic heterocycles. The van der Waals surface area contributed by atoms with E-state index >= 15 is 0 Å². The van der Waals surface area contributed by atoms with Crippen molar-refractivity contribution in [3.63, 3.8) is 0 Å². The van der Waals surface area contributed by atoms with E-state index in [9.17, 15) is 4.79 Å². The third-order valence-electron chi connectivity index (χ3n) is 5.60. The molecule has 0 saturated carbocycles. The van der Waals surface area contributed by atoms with Gasteiger partial charge in [-0.05, 0) is 54.5 Å². The number of hydrogen-bond donors (Lipinski definition) is 1. The van der Waals surface area contributed by atoms with Crippen LogP contribution in [0, 0.1) is 0 Å². The maximum atomic E-state index is 12.6. The van der Waals surface area contributed by atoms with E-state index in [2.05, 4.69) is 57.9 Å². The van der Waals surface area contributed by atoms with Gasteiger partial charge in [0.2, 0.25) is 11.9 Å². The van der Waals surface area contributed by atoms with Gasteiger partial charge in [-0.1, -0.05) is 44.7 Å². The number of thioether (sulfide) groups is 1. The molecular weight excluding hydrogens is 422 g/mol. The molecule has 1 aliphatic heterocycles. The number of hydrogen-bond acceptors (Lipinski definition) is 6. The predicted molar refractivity (Wildman–Crippen MR) is 128 cm³/mol. The Morgan fingerprint density at radius 2 is 1.84 bits per heavy atom. The van der Waals surface area contributed by atoms with E-state index < -0.39 is 0 Å². The van der Waals surface area contributed by atoms with Gasteiger partial charge in [0.1, 0.15) is 5.76 Å². The zero-order valence-corrected chi connectivity index (χ0v) is 19.8. The van der Waals surface area contributed by atoms with Crippen molar-refractivity contribution >= 4 is 29.3 Å². The predicted octanol–water partition coefficient (Wildman–Crippen LogP) is 4.94. The molecule has 0 bridgehead atoms. The van der Waals surface area contributed by atoms with Crippen molar-refractivity contribution in [2.75, 3.05) is 29.1 Å². The fourth-order valence-electron chi connectivity index (χ4n) is 3.79. The lowest BCUT2D eigenvalue weighted by molar-refractivity contribution is -0.113. The number of nitrogens with zero attached hydrogens (tertiary/aromatic N) is 4. The second-order valence-corrected chi connectivity index (χ2v) is 10.1. The summed E-state index contributed by atoms with van der Waals surface area (Å²) in [4.78, 5) is 14.9. The van der Waals surface area contributed by atoms with Crippen LogP contribution in [-0.2, 0) is 16.8 Å². The van der Waals surface area contributed by atoms with Crippen LogP contribution in [0.25, 0.3) is 0 Å². The molecule has 1 amide bonds. The first kappa shape index (κ1) is 22.5. The van der Waals surface area contributed by atoms with E-state index in [1.165, 1.54) is 23.7 Å². The van der Waals surface area contributed by atoms with Crippen LogP contribution < -0.4 is 10.2 Å². The maximum absolute atomic E-state index is 12.6. The van der Waals surface area contributed by atoms with Crippen molar-refractivity contribution in [3.05, 3.63) is 54.0 Å². The van der Waals surface area contributed by atoms with Crippen LogP contribution in [0.4, 0.5) is 11.6 Å². The molecule has 32 heavy (non-hydrogen) atoms. The SMILES string of the molecule is CC(C)(C)c1ccc(NC(=O)CSc2nnc(N3CCCCC3)n2Cc2ccco2)cc1. The molecule has 1 N–H and O–H groups in total. The molecule has 8 heteroatoms. The fraction of sp³-hybridized carbons (Fsp3) is 0.458. The molecule has 1 aromatic carbocycles. The van der Waals surface area contributed by atoms with E-state index in [4.69, 9.17) is 4.42 Å². The van der Waals surface area contributed by atoms with Crippen LogP contribution >= 0.6 is 11.8 Å². The minimum atomic E-state index is -0.0643. The van der Waals surface area contributed by atoms with Crippen LogP contribution in [0.15, 0.2) is 52.2 Å². The molecular formula is C24H31N5O2S. The summed E-state index contributed by atoms with van der Waals surface area (Å²) in [5, 5.41) is 12.6. The summed E-state index contributed by atoms with van der Waals surface area (Å²) in [6.07, 6.45) is 5.24. The van der Waals surface area contributed by atoms with Gasteiger partial charge in [0, 0.05) is 18.8 Å². The zero-order valence-electron chi connectivity index (χ0n) is 19.0. The number of anilines is 2. The number of rotatable bonds is 7. The summed E-state index contributed by atoms with van der Waals surface area (Å²) in [5.74, 6) is 1.89. The Bertz CT molecular complexity index is 1020. The topological polar surface area (TPSA) is 76.2 Å². The molecule has 0 unspecified atom stereocenters. The van der Waals surface area contributed by atoms with Gasteiger partial charge in [-0.2, -0.15) is 0 Å². The second-order valence-electron chi connectivity index (χ2n) is 9.16.